The first-order chi connectivity index (χ1) is 9.24. The van der Waals surface area contributed by atoms with Crippen LogP contribution < -0.4 is 0 Å². The van der Waals surface area contributed by atoms with Crippen molar-refractivity contribution in [3.8, 4) is 33.9 Å². The van der Waals surface area contributed by atoms with Crippen molar-refractivity contribution < 1.29 is 10.2 Å². The summed E-state index contributed by atoms with van der Waals surface area (Å²) in [7, 11) is 0. The van der Waals surface area contributed by atoms with Gasteiger partial charge in [0.15, 0.2) is 0 Å². The molecule has 0 saturated heterocycles. The fourth-order valence-corrected chi connectivity index (χ4v) is 2.12. The molecule has 3 heteroatoms. The van der Waals surface area contributed by atoms with E-state index in [4.69, 9.17) is 0 Å². The second-order valence-electron chi connectivity index (χ2n) is 4.36. The van der Waals surface area contributed by atoms with Crippen molar-refractivity contribution in [1.82, 2.24) is 4.98 Å². The molecule has 3 rings (SSSR count). The van der Waals surface area contributed by atoms with Crippen LogP contribution in [0.1, 0.15) is 0 Å². The lowest BCUT2D eigenvalue weighted by atomic mass is 10.0. The van der Waals surface area contributed by atoms with E-state index < -0.39 is 0 Å². The van der Waals surface area contributed by atoms with Gasteiger partial charge in [-0.2, -0.15) is 0 Å². The molecule has 0 atom stereocenters. The Kier molecular flexibility index (Phi) is 2.72. The summed E-state index contributed by atoms with van der Waals surface area (Å²) in [6.07, 6.45) is 1.88. The molecule has 0 aliphatic carbocycles. The minimum absolute atomic E-state index is 0.251. The number of hydrogen-bond donors (Lipinski definition) is 3. The fourth-order valence-electron chi connectivity index (χ4n) is 2.12. The van der Waals surface area contributed by atoms with Gasteiger partial charge in [0.1, 0.15) is 11.5 Å². The Morgan fingerprint density at radius 1 is 0.632 bits per heavy atom. The number of rotatable bonds is 2. The molecule has 2 aromatic carbocycles. The lowest BCUT2D eigenvalue weighted by Gasteiger charge is -2.05. The second-order valence-corrected chi connectivity index (χ2v) is 4.36. The van der Waals surface area contributed by atoms with Gasteiger partial charge < -0.3 is 15.2 Å². The molecule has 0 amide bonds. The Bertz CT molecular complexity index is 622. The molecule has 0 unspecified atom stereocenters. The van der Waals surface area contributed by atoms with Crippen molar-refractivity contribution in [2.75, 3.05) is 0 Å². The van der Waals surface area contributed by atoms with Crippen molar-refractivity contribution >= 4 is 0 Å². The molecule has 3 N–H and O–H groups in total. The van der Waals surface area contributed by atoms with Crippen molar-refractivity contribution in [1.29, 1.82) is 0 Å². The topological polar surface area (TPSA) is 56.2 Å². The van der Waals surface area contributed by atoms with E-state index in [2.05, 4.69) is 4.98 Å². The summed E-state index contributed by atoms with van der Waals surface area (Å²) in [6.45, 7) is 0. The average molecular weight is 251 g/mol. The summed E-state index contributed by atoms with van der Waals surface area (Å²) in [6, 6.07) is 16.1. The predicted molar refractivity (Wildman–Crippen MR) is 75.0 cm³/mol. The van der Waals surface area contributed by atoms with E-state index in [0.29, 0.717) is 0 Å². The summed E-state index contributed by atoms with van der Waals surface area (Å²) in [4.78, 5) is 3.21. The number of phenols is 2. The predicted octanol–water partition coefficient (Wildman–Crippen LogP) is 3.76. The van der Waals surface area contributed by atoms with Crippen molar-refractivity contribution in [2.45, 2.75) is 0 Å². The maximum Gasteiger partial charge on any atom is 0.115 e. The third-order valence-corrected chi connectivity index (χ3v) is 3.08. The van der Waals surface area contributed by atoms with Crippen LogP contribution in [0.5, 0.6) is 11.5 Å². The van der Waals surface area contributed by atoms with E-state index in [1.54, 1.807) is 24.3 Å². The van der Waals surface area contributed by atoms with Gasteiger partial charge in [-0.3, -0.25) is 0 Å². The highest BCUT2D eigenvalue weighted by atomic mass is 16.3. The third kappa shape index (κ3) is 2.18. The van der Waals surface area contributed by atoms with Crippen LogP contribution in [0.3, 0.4) is 0 Å². The van der Waals surface area contributed by atoms with Crippen LogP contribution in [0.15, 0.2) is 60.8 Å². The van der Waals surface area contributed by atoms with E-state index in [1.165, 1.54) is 0 Å². The third-order valence-electron chi connectivity index (χ3n) is 3.08. The Hall–Kier alpha value is -2.68. The van der Waals surface area contributed by atoms with Crippen LogP contribution in [0.25, 0.3) is 22.4 Å². The average Bonchev–Trinajstić information content (AvgIpc) is 2.90. The van der Waals surface area contributed by atoms with E-state index in [0.717, 1.165) is 22.4 Å². The lowest BCUT2D eigenvalue weighted by Crippen LogP contribution is -1.82. The molecule has 3 aromatic rings. The largest absolute Gasteiger partial charge is 0.508 e. The summed E-state index contributed by atoms with van der Waals surface area (Å²) in [5.74, 6) is 0.506. The van der Waals surface area contributed by atoms with Gasteiger partial charge >= 0.3 is 0 Å². The summed E-state index contributed by atoms with van der Waals surface area (Å²) >= 11 is 0. The van der Waals surface area contributed by atoms with E-state index in [-0.39, 0.29) is 11.5 Å². The van der Waals surface area contributed by atoms with Gasteiger partial charge in [-0.25, -0.2) is 0 Å². The first kappa shape index (κ1) is 11.4. The Labute approximate surface area is 110 Å². The highest BCUT2D eigenvalue weighted by molar-refractivity contribution is 5.81. The van der Waals surface area contributed by atoms with Crippen LogP contribution in [0.2, 0.25) is 0 Å². The zero-order chi connectivity index (χ0) is 13.2. The Balaban J connectivity index is 2.07. The van der Waals surface area contributed by atoms with Crippen molar-refractivity contribution in [3.63, 3.8) is 0 Å². The SMILES string of the molecule is Oc1ccc(-c2cc[nH]c2-c2ccc(O)cc2)cc1. The lowest BCUT2D eigenvalue weighted by molar-refractivity contribution is 0.475. The number of H-pyrrole nitrogens is 1. The van der Waals surface area contributed by atoms with Crippen LogP contribution in [0, 0.1) is 0 Å². The summed E-state index contributed by atoms with van der Waals surface area (Å²) in [5.41, 5.74) is 4.09. The van der Waals surface area contributed by atoms with Gasteiger partial charge in [0.2, 0.25) is 0 Å². The first-order valence-corrected chi connectivity index (χ1v) is 6.00. The molecular formula is C16H13NO2. The highest BCUT2D eigenvalue weighted by Gasteiger charge is 2.08. The monoisotopic (exact) mass is 251 g/mol. The fraction of sp³-hybridized carbons (Fsp3) is 0. The molecular weight excluding hydrogens is 238 g/mol. The molecule has 0 fully saturated rings. The minimum Gasteiger partial charge on any atom is -0.508 e. The zero-order valence-electron chi connectivity index (χ0n) is 10.2. The Morgan fingerprint density at radius 2 is 1.16 bits per heavy atom. The number of benzene rings is 2. The molecule has 94 valence electrons. The maximum absolute atomic E-state index is 9.34. The standard InChI is InChI=1S/C16H13NO2/c18-13-5-1-11(2-6-13)15-9-10-17-16(15)12-3-7-14(19)8-4-12/h1-10,17-19H. The normalized spacial score (nSPS) is 10.5. The number of hydrogen-bond acceptors (Lipinski definition) is 2. The summed E-state index contributed by atoms with van der Waals surface area (Å²) < 4.78 is 0. The smallest absolute Gasteiger partial charge is 0.115 e. The summed E-state index contributed by atoms with van der Waals surface area (Å²) in [5, 5.41) is 18.7. The van der Waals surface area contributed by atoms with E-state index in [1.807, 2.05) is 36.5 Å². The molecule has 0 radical (unpaired) electrons. The zero-order valence-corrected chi connectivity index (χ0v) is 10.2. The van der Waals surface area contributed by atoms with E-state index >= 15 is 0 Å². The van der Waals surface area contributed by atoms with Gasteiger partial charge in [-0.05, 0) is 53.6 Å². The molecule has 0 spiro atoms. The van der Waals surface area contributed by atoms with Crippen molar-refractivity contribution in [3.05, 3.63) is 60.8 Å². The molecule has 0 saturated carbocycles. The van der Waals surface area contributed by atoms with Gasteiger partial charge in [0.05, 0.1) is 5.69 Å². The minimum atomic E-state index is 0.251. The Morgan fingerprint density at radius 3 is 1.74 bits per heavy atom. The first-order valence-electron chi connectivity index (χ1n) is 6.00. The number of phenolic OH excluding ortho intramolecular Hbond substituents is 2. The molecule has 19 heavy (non-hydrogen) atoms. The van der Waals surface area contributed by atoms with Crippen molar-refractivity contribution in [2.24, 2.45) is 0 Å². The number of nitrogens with one attached hydrogen (secondary N) is 1. The molecule has 0 aliphatic heterocycles. The number of aromatic hydroxyl groups is 2. The van der Waals surface area contributed by atoms with Gasteiger partial charge in [-0.15, -0.1) is 0 Å². The van der Waals surface area contributed by atoms with E-state index in [9.17, 15) is 10.2 Å². The number of aromatic nitrogens is 1. The molecule has 3 nitrogen and oxygen atoms in total. The molecule has 0 bridgehead atoms. The van der Waals surface area contributed by atoms with Crippen LogP contribution in [-0.4, -0.2) is 15.2 Å². The highest BCUT2D eigenvalue weighted by Crippen LogP contribution is 2.32. The molecule has 1 heterocycles. The van der Waals surface area contributed by atoms with Gasteiger partial charge in [0.25, 0.3) is 0 Å². The molecule has 0 aliphatic rings. The van der Waals surface area contributed by atoms with Crippen LogP contribution >= 0.6 is 0 Å². The van der Waals surface area contributed by atoms with Crippen LogP contribution in [0.4, 0.5) is 0 Å². The second kappa shape index (κ2) is 4.53. The van der Waals surface area contributed by atoms with Gasteiger partial charge in [-0.1, -0.05) is 12.1 Å². The quantitative estimate of drug-likeness (QED) is 0.649. The maximum atomic E-state index is 9.34. The van der Waals surface area contributed by atoms with Crippen LogP contribution in [-0.2, 0) is 0 Å². The van der Waals surface area contributed by atoms with Gasteiger partial charge in [0, 0.05) is 11.8 Å². The molecule has 1 aromatic heterocycles. The number of aromatic amines is 1.